The Balaban J connectivity index is 1.54. The van der Waals surface area contributed by atoms with Crippen LogP contribution in [0.4, 0.5) is 11.4 Å². The molecule has 0 fully saturated rings. The molecule has 0 bridgehead atoms. The molecule has 0 aliphatic carbocycles. The van der Waals surface area contributed by atoms with Gasteiger partial charge in [-0.2, -0.15) is 5.26 Å². The van der Waals surface area contributed by atoms with E-state index >= 15 is 0 Å². The van der Waals surface area contributed by atoms with E-state index < -0.39 is 0 Å². The van der Waals surface area contributed by atoms with E-state index in [1.165, 1.54) is 11.8 Å². The van der Waals surface area contributed by atoms with E-state index in [2.05, 4.69) is 28.5 Å². The first-order valence-electron chi connectivity index (χ1n) is 11.5. The zero-order valence-corrected chi connectivity index (χ0v) is 20.3. The normalized spacial score (nSPS) is 11.3. The number of pyridine rings is 1. The van der Waals surface area contributed by atoms with E-state index in [9.17, 15) is 5.26 Å². The maximum Gasteiger partial charge on any atom is 0.161 e. The quantitative estimate of drug-likeness (QED) is 0.316. The lowest BCUT2D eigenvalue weighted by atomic mass is 10.0. The summed E-state index contributed by atoms with van der Waals surface area (Å²) in [4.78, 5) is 4.26. The molecule has 3 aromatic carbocycles. The molecule has 0 radical (unpaired) electrons. The van der Waals surface area contributed by atoms with Crippen molar-refractivity contribution in [2.45, 2.75) is 12.5 Å². The Morgan fingerprint density at radius 2 is 1.75 bits per heavy atom. The number of aromatic nitrogens is 1. The van der Waals surface area contributed by atoms with Crippen molar-refractivity contribution in [3.63, 3.8) is 0 Å². The van der Waals surface area contributed by atoms with Crippen LogP contribution in [-0.2, 0) is 6.42 Å². The third-order valence-electron chi connectivity index (χ3n) is 5.67. The summed E-state index contributed by atoms with van der Waals surface area (Å²) in [5, 5.41) is 13.1. The van der Waals surface area contributed by atoms with Gasteiger partial charge in [0.2, 0.25) is 0 Å². The van der Waals surface area contributed by atoms with Gasteiger partial charge in [0.25, 0.3) is 0 Å². The zero-order valence-electron chi connectivity index (χ0n) is 20.3. The van der Waals surface area contributed by atoms with Gasteiger partial charge >= 0.3 is 0 Å². The van der Waals surface area contributed by atoms with Gasteiger partial charge < -0.3 is 25.3 Å². The Morgan fingerprint density at radius 1 is 0.944 bits per heavy atom. The van der Waals surface area contributed by atoms with Crippen molar-refractivity contribution in [2.75, 3.05) is 26.1 Å². The average Bonchev–Trinajstić information content (AvgIpc) is 2.92. The molecule has 7 nitrogen and oxygen atoms in total. The second kappa shape index (κ2) is 11.7. The third-order valence-corrected chi connectivity index (χ3v) is 5.67. The topological polar surface area (TPSA) is 102 Å². The minimum atomic E-state index is -0.133. The molecule has 0 spiro atoms. The second-order valence-corrected chi connectivity index (χ2v) is 8.20. The first-order chi connectivity index (χ1) is 17.6. The number of hydrogen-bond donors (Lipinski definition) is 2. The minimum absolute atomic E-state index is 0.133. The van der Waals surface area contributed by atoms with Crippen LogP contribution in [0.15, 0.2) is 85.2 Å². The van der Waals surface area contributed by atoms with E-state index in [1.807, 2.05) is 60.7 Å². The Bertz CT molecular complexity index is 1350. The van der Waals surface area contributed by atoms with Crippen molar-refractivity contribution in [1.29, 1.82) is 5.26 Å². The summed E-state index contributed by atoms with van der Waals surface area (Å²) in [5.74, 6) is 1.89. The number of benzene rings is 3. The van der Waals surface area contributed by atoms with Crippen molar-refractivity contribution in [1.82, 2.24) is 4.98 Å². The molecule has 4 rings (SSSR count). The van der Waals surface area contributed by atoms with Crippen LogP contribution < -0.4 is 25.3 Å². The molecule has 0 saturated carbocycles. The number of nitrogens with two attached hydrogens (primary N) is 1. The highest BCUT2D eigenvalue weighted by Crippen LogP contribution is 2.37. The molecule has 182 valence electrons. The van der Waals surface area contributed by atoms with Crippen LogP contribution >= 0.6 is 0 Å². The van der Waals surface area contributed by atoms with Crippen LogP contribution in [-0.4, -0.2) is 31.9 Å². The number of nitrogens with zero attached hydrogens (tertiary/aromatic N) is 2. The monoisotopic (exact) mass is 480 g/mol. The number of methoxy groups -OCH3 is 2. The largest absolute Gasteiger partial charge is 0.493 e. The van der Waals surface area contributed by atoms with Gasteiger partial charge in [0, 0.05) is 35.8 Å². The summed E-state index contributed by atoms with van der Waals surface area (Å²) < 4.78 is 16.8. The molecule has 36 heavy (non-hydrogen) atoms. The summed E-state index contributed by atoms with van der Waals surface area (Å²) >= 11 is 0. The summed E-state index contributed by atoms with van der Waals surface area (Å²) in [6.45, 7) is 0.383. The van der Waals surface area contributed by atoms with Gasteiger partial charge in [-0.1, -0.05) is 42.5 Å². The van der Waals surface area contributed by atoms with Crippen molar-refractivity contribution >= 4 is 11.4 Å². The van der Waals surface area contributed by atoms with Crippen molar-refractivity contribution in [2.24, 2.45) is 5.73 Å². The summed E-state index contributed by atoms with van der Waals surface area (Å²) in [5.41, 5.74) is 10.9. The Morgan fingerprint density at radius 3 is 2.50 bits per heavy atom. The van der Waals surface area contributed by atoms with Gasteiger partial charge in [-0.25, -0.2) is 0 Å². The van der Waals surface area contributed by atoms with Crippen molar-refractivity contribution in [3.8, 4) is 34.4 Å². The van der Waals surface area contributed by atoms with Crippen LogP contribution in [0, 0.1) is 11.3 Å². The first-order valence-corrected chi connectivity index (χ1v) is 11.5. The highest BCUT2D eigenvalue weighted by Gasteiger charge is 2.15. The number of ether oxygens (including phenoxy) is 3. The molecule has 0 amide bonds. The van der Waals surface area contributed by atoms with Crippen LogP contribution in [0.3, 0.4) is 0 Å². The molecule has 3 N–H and O–H groups in total. The Labute approximate surface area is 211 Å². The molecule has 4 aromatic rings. The molecule has 1 aromatic heterocycles. The first kappa shape index (κ1) is 24.6. The standard InChI is InChI=1S/C29H28N4O3/c1-34-27-12-11-21(14-28(27)35-2)26-18-32-17-22(16-30)29(26)33-24-9-6-10-25(15-24)36-19-23(31)13-20-7-4-3-5-8-20/h3-12,14-15,17-18,23H,13,19,31H2,1-2H3,(H,32,33)/t23-/m1/s1. The minimum Gasteiger partial charge on any atom is -0.493 e. The number of nitriles is 1. The molecule has 0 unspecified atom stereocenters. The fourth-order valence-corrected chi connectivity index (χ4v) is 3.89. The molecule has 0 aliphatic heterocycles. The third kappa shape index (κ3) is 5.93. The van der Waals surface area contributed by atoms with E-state index in [0.29, 0.717) is 35.1 Å². The van der Waals surface area contributed by atoms with Gasteiger partial charge in [-0.05, 0) is 41.8 Å². The van der Waals surface area contributed by atoms with E-state index in [-0.39, 0.29) is 6.04 Å². The lowest BCUT2D eigenvalue weighted by Gasteiger charge is -2.17. The highest BCUT2D eigenvalue weighted by atomic mass is 16.5. The SMILES string of the molecule is COc1ccc(-c2cncc(C#N)c2Nc2cccc(OC[C@H](N)Cc3ccccc3)c2)cc1OC. The van der Waals surface area contributed by atoms with Crippen molar-refractivity contribution in [3.05, 3.63) is 96.3 Å². The van der Waals surface area contributed by atoms with E-state index in [0.717, 1.165) is 23.2 Å². The lowest BCUT2D eigenvalue weighted by Crippen LogP contribution is -2.30. The smallest absolute Gasteiger partial charge is 0.161 e. The highest BCUT2D eigenvalue weighted by molar-refractivity contribution is 5.85. The van der Waals surface area contributed by atoms with Crippen LogP contribution in [0.5, 0.6) is 17.2 Å². The second-order valence-electron chi connectivity index (χ2n) is 8.20. The van der Waals surface area contributed by atoms with E-state index in [1.54, 1.807) is 20.4 Å². The van der Waals surface area contributed by atoms with E-state index in [4.69, 9.17) is 19.9 Å². The molecule has 0 saturated heterocycles. The summed E-state index contributed by atoms with van der Waals surface area (Å²) in [6, 6.07) is 25.4. The molecule has 1 atom stereocenters. The maximum absolute atomic E-state index is 9.76. The molecular weight excluding hydrogens is 452 g/mol. The molecule has 7 heteroatoms. The fourth-order valence-electron chi connectivity index (χ4n) is 3.89. The number of rotatable bonds is 10. The number of nitrogens with one attached hydrogen (secondary N) is 1. The predicted octanol–water partition coefficient (Wildman–Crippen LogP) is 5.33. The van der Waals surface area contributed by atoms with Crippen LogP contribution in [0.2, 0.25) is 0 Å². The van der Waals surface area contributed by atoms with Crippen LogP contribution in [0.1, 0.15) is 11.1 Å². The Hall–Kier alpha value is -4.54. The molecular formula is C29H28N4O3. The van der Waals surface area contributed by atoms with Gasteiger partial charge in [0.1, 0.15) is 18.4 Å². The molecule has 0 aliphatic rings. The number of anilines is 2. The Kier molecular flexibility index (Phi) is 8.01. The van der Waals surface area contributed by atoms with Crippen molar-refractivity contribution < 1.29 is 14.2 Å². The summed E-state index contributed by atoms with van der Waals surface area (Å²) in [6.07, 6.45) is 3.99. The fraction of sp³-hybridized carbons (Fsp3) is 0.172. The lowest BCUT2D eigenvalue weighted by molar-refractivity contribution is 0.288. The van der Waals surface area contributed by atoms with Gasteiger partial charge in [0.05, 0.1) is 25.5 Å². The van der Waals surface area contributed by atoms with Gasteiger partial charge in [-0.3, -0.25) is 4.98 Å². The number of hydrogen-bond acceptors (Lipinski definition) is 7. The van der Waals surface area contributed by atoms with Gasteiger partial charge in [0.15, 0.2) is 11.5 Å². The predicted molar refractivity (Wildman–Crippen MR) is 141 cm³/mol. The maximum atomic E-state index is 9.76. The average molecular weight is 481 g/mol. The van der Waals surface area contributed by atoms with Gasteiger partial charge in [-0.15, -0.1) is 0 Å². The molecule has 1 heterocycles. The summed E-state index contributed by atoms with van der Waals surface area (Å²) in [7, 11) is 3.17. The van der Waals surface area contributed by atoms with Crippen LogP contribution in [0.25, 0.3) is 11.1 Å². The zero-order chi connectivity index (χ0) is 25.3.